The first-order chi connectivity index (χ1) is 8.01. The summed E-state index contributed by atoms with van der Waals surface area (Å²) in [6, 6.07) is 5.30. The molecule has 1 heterocycles. The van der Waals surface area contributed by atoms with Gasteiger partial charge in [0.15, 0.2) is 0 Å². The highest BCUT2D eigenvalue weighted by atomic mass is 79.9. The first-order valence-corrected chi connectivity index (χ1v) is 7.59. The van der Waals surface area contributed by atoms with Crippen molar-refractivity contribution < 1.29 is 13.2 Å². The van der Waals surface area contributed by atoms with E-state index in [1.807, 2.05) is 6.07 Å². The fourth-order valence-electron chi connectivity index (χ4n) is 1.78. The monoisotopic (exact) mass is 319 g/mol. The lowest BCUT2D eigenvalue weighted by Gasteiger charge is -2.26. The number of benzene rings is 1. The quantitative estimate of drug-likeness (QED) is 0.834. The van der Waals surface area contributed by atoms with Gasteiger partial charge in [0.2, 0.25) is 10.0 Å². The second kappa shape index (κ2) is 5.06. The predicted octanol–water partition coefficient (Wildman–Crippen LogP) is 1.78. The summed E-state index contributed by atoms with van der Waals surface area (Å²) in [5.41, 5.74) is 0.764. The summed E-state index contributed by atoms with van der Waals surface area (Å²) in [7, 11) is -3.39. The standard InChI is InChI=1S/C11H14BrNO3S/c1-9-2-3-10(12)8-11(9)17(14,15)13-4-6-16-7-5-13/h2-3,8H,4-7H2,1H3. The van der Waals surface area contributed by atoms with Gasteiger partial charge in [-0.2, -0.15) is 4.31 Å². The maximum absolute atomic E-state index is 12.4. The third-order valence-corrected chi connectivity index (χ3v) is 5.27. The van der Waals surface area contributed by atoms with Crippen LogP contribution in [0.5, 0.6) is 0 Å². The SMILES string of the molecule is Cc1ccc(Br)cc1S(=O)(=O)N1CCOCC1. The summed E-state index contributed by atoms with van der Waals surface area (Å²) in [5, 5.41) is 0. The zero-order valence-corrected chi connectivity index (χ0v) is 11.9. The third-order valence-electron chi connectivity index (χ3n) is 2.74. The largest absolute Gasteiger partial charge is 0.379 e. The van der Waals surface area contributed by atoms with E-state index in [1.165, 1.54) is 4.31 Å². The number of sulfonamides is 1. The lowest BCUT2D eigenvalue weighted by molar-refractivity contribution is 0.0730. The van der Waals surface area contributed by atoms with Crippen LogP contribution in [0.2, 0.25) is 0 Å². The number of halogens is 1. The highest BCUT2D eigenvalue weighted by molar-refractivity contribution is 9.10. The van der Waals surface area contributed by atoms with Gasteiger partial charge in [-0.05, 0) is 24.6 Å². The van der Waals surface area contributed by atoms with Crippen molar-refractivity contribution in [2.24, 2.45) is 0 Å². The van der Waals surface area contributed by atoms with Gasteiger partial charge in [0, 0.05) is 17.6 Å². The van der Waals surface area contributed by atoms with E-state index in [1.54, 1.807) is 19.1 Å². The Kier molecular flexibility index (Phi) is 3.87. The summed E-state index contributed by atoms with van der Waals surface area (Å²) in [4.78, 5) is 0.369. The topological polar surface area (TPSA) is 46.6 Å². The Balaban J connectivity index is 2.40. The molecule has 4 nitrogen and oxygen atoms in total. The van der Waals surface area contributed by atoms with Crippen LogP contribution in [0.4, 0.5) is 0 Å². The minimum absolute atomic E-state index is 0.369. The molecule has 0 amide bonds. The van der Waals surface area contributed by atoms with E-state index < -0.39 is 10.0 Å². The Hall–Kier alpha value is -0.430. The number of hydrogen-bond donors (Lipinski definition) is 0. The lowest BCUT2D eigenvalue weighted by atomic mass is 10.2. The molecule has 94 valence electrons. The van der Waals surface area contributed by atoms with Crippen LogP contribution in [0, 0.1) is 6.92 Å². The molecule has 1 fully saturated rings. The normalized spacial score (nSPS) is 18.2. The highest BCUT2D eigenvalue weighted by Gasteiger charge is 2.27. The molecule has 1 saturated heterocycles. The number of hydrogen-bond acceptors (Lipinski definition) is 3. The molecule has 2 rings (SSSR count). The van der Waals surface area contributed by atoms with Gasteiger partial charge in [-0.3, -0.25) is 0 Å². The zero-order chi connectivity index (χ0) is 12.5. The molecule has 0 radical (unpaired) electrons. The average Bonchev–Trinajstić information content (AvgIpc) is 2.33. The fraction of sp³-hybridized carbons (Fsp3) is 0.455. The minimum Gasteiger partial charge on any atom is -0.379 e. The Morgan fingerprint density at radius 3 is 2.59 bits per heavy atom. The van der Waals surface area contributed by atoms with Gasteiger partial charge in [-0.1, -0.05) is 22.0 Å². The number of nitrogens with zero attached hydrogens (tertiary/aromatic N) is 1. The molecule has 1 aliphatic heterocycles. The second-order valence-electron chi connectivity index (χ2n) is 3.93. The van der Waals surface area contributed by atoms with E-state index in [0.717, 1.165) is 10.0 Å². The Morgan fingerprint density at radius 1 is 1.29 bits per heavy atom. The molecule has 0 N–H and O–H groups in total. The molecule has 17 heavy (non-hydrogen) atoms. The van der Waals surface area contributed by atoms with Gasteiger partial charge in [0.1, 0.15) is 0 Å². The number of aryl methyl sites for hydroxylation is 1. The molecular weight excluding hydrogens is 306 g/mol. The van der Waals surface area contributed by atoms with E-state index in [2.05, 4.69) is 15.9 Å². The van der Waals surface area contributed by atoms with E-state index >= 15 is 0 Å². The Labute approximate surface area is 110 Å². The van der Waals surface area contributed by atoms with Gasteiger partial charge in [0.25, 0.3) is 0 Å². The molecule has 0 saturated carbocycles. The van der Waals surface area contributed by atoms with Gasteiger partial charge in [-0.15, -0.1) is 0 Å². The molecule has 0 unspecified atom stereocenters. The molecular formula is C11H14BrNO3S. The molecule has 0 bridgehead atoms. The summed E-state index contributed by atoms with van der Waals surface area (Å²) in [6.45, 7) is 3.58. The van der Waals surface area contributed by atoms with E-state index in [4.69, 9.17) is 4.74 Å². The number of rotatable bonds is 2. The van der Waals surface area contributed by atoms with Crippen molar-refractivity contribution in [3.05, 3.63) is 28.2 Å². The van der Waals surface area contributed by atoms with Gasteiger partial charge < -0.3 is 4.74 Å². The fourth-order valence-corrected chi connectivity index (χ4v) is 3.95. The summed E-state index contributed by atoms with van der Waals surface area (Å²) in [6.07, 6.45) is 0. The first-order valence-electron chi connectivity index (χ1n) is 5.36. The second-order valence-corrected chi connectivity index (χ2v) is 6.75. The van der Waals surface area contributed by atoms with Gasteiger partial charge in [-0.25, -0.2) is 8.42 Å². The van der Waals surface area contributed by atoms with Crippen molar-refractivity contribution in [2.75, 3.05) is 26.3 Å². The van der Waals surface area contributed by atoms with E-state index in [9.17, 15) is 8.42 Å². The highest BCUT2D eigenvalue weighted by Crippen LogP contribution is 2.24. The Bertz CT molecular complexity index is 509. The first kappa shape index (κ1) is 13.0. The number of morpholine rings is 1. The molecule has 0 atom stereocenters. The Morgan fingerprint density at radius 2 is 1.94 bits per heavy atom. The predicted molar refractivity (Wildman–Crippen MR) is 68.5 cm³/mol. The summed E-state index contributed by atoms with van der Waals surface area (Å²) in [5.74, 6) is 0. The van der Waals surface area contributed by atoms with Crippen LogP contribution >= 0.6 is 15.9 Å². The molecule has 1 aromatic rings. The van der Waals surface area contributed by atoms with Crippen molar-refractivity contribution in [3.8, 4) is 0 Å². The third kappa shape index (κ3) is 2.70. The smallest absolute Gasteiger partial charge is 0.243 e. The van der Waals surface area contributed by atoms with E-state index in [0.29, 0.717) is 31.2 Å². The molecule has 0 aliphatic carbocycles. The molecule has 6 heteroatoms. The van der Waals surface area contributed by atoms with E-state index in [-0.39, 0.29) is 0 Å². The van der Waals surface area contributed by atoms with Crippen molar-refractivity contribution in [2.45, 2.75) is 11.8 Å². The molecule has 1 aromatic carbocycles. The van der Waals surface area contributed by atoms with Crippen LogP contribution in [-0.4, -0.2) is 39.0 Å². The van der Waals surface area contributed by atoms with Crippen LogP contribution in [0.15, 0.2) is 27.6 Å². The molecule has 0 spiro atoms. The maximum atomic E-state index is 12.4. The zero-order valence-electron chi connectivity index (χ0n) is 9.52. The summed E-state index contributed by atoms with van der Waals surface area (Å²) < 4.78 is 32.2. The molecule has 0 aromatic heterocycles. The van der Waals surface area contributed by atoms with Crippen LogP contribution in [0.3, 0.4) is 0 Å². The van der Waals surface area contributed by atoms with Crippen LogP contribution in [0.1, 0.15) is 5.56 Å². The summed E-state index contributed by atoms with van der Waals surface area (Å²) >= 11 is 3.31. The van der Waals surface area contributed by atoms with Crippen molar-refractivity contribution in [1.29, 1.82) is 0 Å². The lowest BCUT2D eigenvalue weighted by Crippen LogP contribution is -2.40. The van der Waals surface area contributed by atoms with Crippen molar-refractivity contribution in [3.63, 3.8) is 0 Å². The van der Waals surface area contributed by atoms with Crippen LogP contribution < -0.4 is 0 Å². The molecule has 1 aliphatic rings. The van der Waals surface area contributed by atoms with Crippen molar-refractivity contribution >= 4 is 26.0 Å². The van der Waals surface area contributed by atoms with Crippen molar-refractivity contribution in [1.82, 2.24) is 4.31 Å². The van der Waals surface area contributed by atoms with Crippen LogP contribution in [0.25, 0.3) is 0 Å². The number of ether oxygens (including phenoxy) is 1. The van der Waals surface area contributed by atoms with Gasteiger partial charge >= 0.3 is 0 Å². The van der Waals surface area contributed by atoms with Gasteiger partial charge in [0.05, 0.1) is 18.1 Å². The average molecular weight is 320 g/mol. The minimum atomic E-state index is -3.39. The van der Waals surface area contributed by atoms with Crippen LogP contribution in [-0.2, 0) is 14.8 Å². The maximum Gasteiger partial charge on any atom is 0.243 e.